The molecule has 0 aliphatic carbocycles. The lowest BCUT2D eigenvalue weighted by atomic mass is 10.1. The Balaban J connectivity index is 2.72. The molecule has 0 saturated heterocycles. The van der Waals surface area contributed by atoms with E-state index >= 15 is 0 Å². The summed E-state index contributed by atoms with van der Waals surface area (Å²) < 4.78 is 0. The van der Waals surface area contributed by atoms with Crippen LogP contribution in [0.5, 0.6) is 0 Å². The van der Waals surface area contributed by atoms with Crippen molar-refractivity contribution in [2.24, 2.45) is 0 Å². The summed E-state index contributed by atoms with van der Waals surface area (Å²) in [7, 11) is -1.51. The molecule has 2 N–H and O–H groups in total. The van der Waals surface area contributed by atoms with Crippen LogP contribution in [-0.4, -0.2) is 19.5 Å². The molecule has 0 fully saturated rings. The average molecular weight is 226 g/mol. The third kappa shape index (κ3) is 4.49. The molecular formula is C12H26N2Si. The van der Waals surface area contributed by atoms with Crippen molar-refractivity contribution >= 4 is 8.40 Å². The summed E-state index contributed by atoms with van der Waals surface area (Å²) in [6, 6.07) is 2.42. The molecule has 0 unspecified atom stereocenters. The first-order valence-electron chi connectivity index (χ1n) is 5.86. The van der Waals surface area contributed by atoms with E-state index in [0.29, 0.717) is 0 Å². The minimum Gasteiger partial charge on any atom is -0.320 e. The Morgan fingerprint density at radius 3 is 1.40 bits per heavy atom. The van der Waals surface area contributed by atoms with Gasteiger partial charge in [0.15, 0.2) is 0 Å². The maximum Gasteiger partial charge on any atom is 0.209 e. The molecule has 0 amide bonds. The number of hydrogen-bond donors (Lipinski definition) is 2. The van der Waals surface area contributed by atoms with Crippen LogP contribution in [0.1, 0.15) is 41.5 Å². The molecule has 0 aromatic carbocycles. The lowest BCUT2D eigenvalue weighted by molar-refractivity contribution is 0.462. The molecule has 0 atom stereocenters. The maximum absolute atomic E-state index is 3.85. The van der Waals surface area contributed by atoms with E-state index in [-0.39, 0.29) is 11.1 Å². The first-order chi connectivity index (χ1) is 6.62. The van der Waals surface area contributed by atoms with Crippen LogP contribution in [0.15, 0.2) is 12.2 Å². The lowest BCUT2D eigenvalue weighted by Crippen LogP contribution is -2.69. The Hall–Kier alpha value is -0.123. The largest absolute Gasteiger partial charge is 0.320 e. The summed E-state index contributed by atoms with van der Waals surface area (Å²) in [5.74, 6) is 0. The van der Waals surface area contributed by atoms with Crippen LogP contribution in [0.3, 0.4) is 0 Å². The summed E-state index contributed by atoms with van der Waals surface area (Å²) in [5, 5.41) is 0. The van der Waals surface area contributed by atoms with Crippen molar-refractivity contribution in [3.8, 4) is 0 Å². The Morgan fingerprint density at radius 2 is 1.13 bits per heavy atom. The second kappa shape index (κ2) is 4.04. The van der Waals surface area contributed by atoms with Crippen molar-refractivity contribution in [3.63, 3.8) is 0 Å². The predicted molar refractivity (Wildman–Crippen MR) is 70.3 cm³/mol. The van der Waals surface area contributed by atoms with Crippen LogP contribution in [0, 0.1) is 0 Å². The summed E-state index contributed by atoms with van der Waals surface area (Å²) in [5.41, 5.74) is 0.410. The summed E-state index contributed by atoms with van der Waals surface area (Å²) in [4.78, 5) is 7.71. The van der Waals surface area contributed by atoms with Crippen molar-refractivity contribution in [2.45, 2.75) is 64.7 Å². The number of nitrogens with one attached hydrogen (secondary N) is 2. The van der Waals surface area contributed by atoms with Crippen LogP contribution in [-0.2, 0) is 0 Å². The monoisotopic (exact) mass is 226 g/mol. The van der Waals surface area contributed by atoms with E-state index in [4.69, 9.17) is 0 Å². The van der Waals surface area contributed by atoms with E-state index in [1.54, 1.807) is 0 Å². The van der Waals surface area contributed by atoms with E-state index < -0.39 is 8.40 Å². The molecular weight excluding hydrogens is 200 g/mol. The van der Waals surface area contributed by atoms with Gasteiger partial charge in [-0.15, -0.1) is 0 Å². The standard InChI is InChI=1S/C12H26N2Si/c1-11(2,3)13-15(9-7-8-10-15)14-12(4,5)6/h7-8,13-14H,9-10H2,1-6H3. The fourth-order valence-corrected chi connectivity index (χ4v) is 6.97. The fourth-order valence-electron chi connectivity index (χ4n) is 2.32. The highest BCUT2D eigenvalue weighted by Gasteiger charge is 2.40. The molecule has 15 heavy (non-hydrogen) atoms. The predicted octanol–water partition coefficient (Wildman–Crippen LogP) is 2.77. The highest BCUT2D eigenvalue weighted by Crippen LogP contribution is 2.23. The van der Waals surface area contributed by atoms with E-state index in [0.717, 1.165) is 0 Å². The third-order valence-corrected chi connectivity index (χ3v) is 6.65. The Morgan fingerprint density at radius 1 is 0.800 bits per heavy atom. The van der Waals surface area contributed by atoms with Crippen LogP contribution < -0.4 is 9.96 Å². The Bertz CT molecular complexity index is 219. The van der Waals surface area contributed by atoms with Crippen molar-refractivity contribution in [3.05, 3.63) is 12.2 Å². The summed E-state index contributed by atoms with van der Waals surface area (Å²) in [6.07, 6.45) is 4.65. The number of rotatable bonds is 2. The summed E-state index contributed by atoms with van der Waals surface area (Å²) >= 11 is 0. The van der Waals surface area contributed by atoms with Gasteiger partial charge in [0.05, 0.1) is 0 Å². The molecule has 0 saturated carbocycles. The second-order valence-corrected chi connectivity index (χ2v) is 10.2. The van der Waals surface area contributed by atoms with Crippen LogP contribution in [0.25, 0.3) is 0 Å². The molecule has 1 rings (SSSR count). The van der Waals surface area contributed by atoms with Gasteiger partial charge in [0, 0.05) is 11.1 Å². The van der Waals surface area contributed by atoms with Gasteiger partial charge in [-0.2, -0.15) is 0 Å². The smallest absolute Gasteiger partial charge is 0.209 e. The van der Waals surface area contributed by atoms with Gasteiger partial charge in [0.1, 0.15) is 0 Å². The summed E-state index contributed by atoms with van der Waals surface area (Å²) in [6.45, 7) is 13.5. The van der Waals surface area contributed by atoms with Crippen molar-refractivity contribution < 1.29 is 0 Å². The molecule has 88 valence electrons. The molecule has 1 aliphatic rings. The molecule has 2 nitrogen and oxygen atoms in total. The van der Waals surface area contributed by atoms with E-state index in [9.17, 15) is 0 Å². The Kier molecular flexibility index (Phi) is 3.48. The number of allylic oxidation sites excluding steroid dienone is 2. The van der Waals surface area contributed by atoms with Crippen LogP contribution in [0.4, 0.5) is 0 Å². The quantitative estimate of drug-likeness (QED) is 0.559. The van der Waals surface area contributed by atoms with Gasteiger partial charge in [-0.25, -0.2) is 0 Å². The minimum absolute atomic E-state index is 0.205. The maximum atomic E-state index is 3.85. The lowest BCUT2D eigenvalue weighted by Gasteiger charge is -2.41. The van der Waals surface area contributed by atoms with Crippen LogP contribution in [0.2, 0.25) is 12.1 Å². The first kappa shape index (κ1) is 12.9. The topological polar surface area (TPSA) is 24.1 Å². The SMILES string of the molecule is CC(C)(C)N[Si]1(NC(C)(C)C)CC=CC1. The Labute approximate surface area is 95.7 Å². The fraction of sp³-hybridized carbons (Fsp3) is 0.833. The molecule has 0 spiro atoms. The van der Waals surface area contributed by atoms with Crippen molar-refractivity contribution in [2.75, 3.05) is 0 Å². The van der Waals surface area contributed by atoms with Gasteiger partial charge in [-0.1, -0.05) is 12.2 Å². The molecule has 3 heteroatoms. The zero-order valence-corrected chi connectivity index (χ0v) is 12.1. The van der Waals surface area contributed by atoms with Crippen molar-refractivity contribution in [1.29, 1.82) is 0 Å². The highest BCUT2D eigenvalue weighted by molar-refractivity contribution is 6.77. The van der Waals surface area contributed by atoms with E-state index in [2.05, 4.69) is 63.7 Å². The highest BCUT2D eigenvalue weighted by atomic mass is 28.3. The molecule has 1 aliphatic heterocycles. The normalized spacial score (nSPS) is 20.9. The van der Waals surface area contributed by atoms with E-state index in [1.165, 1.54) is 12.1 Å². The van der Waals surface area contributed by atoms with E-state index in [1.807, 2.05) is 0 Å². The second-order valence-electron chi connectivity index (χ2n) is 6.71. The zero-order chi connectivity index (χ0) is 11.7. The minimum atomic E-state index is -1.51. The van der Waals surface area contributed by atoms with Gasteiger partial charge >= 0.3 is 0 Å². The molecule has 0 aromatic heterocycles. The third-order valence-electron chi connectivity index (χ3n) is 2.33. The molecule has 0 radical (unpaired) electrons. The molecule has 0 bridgehead atoms. The molecule has 1 heterocycles. The van der Waals surface area contributed by atoms with Gasteiger partial charge in [-0.05, 0) is 53.6 Å². The van der Waals surface area contributed by atoms with Gasteiger partial charge < -0.3 is 9.96 Å². The van der Waals surface area contributed by atoms with Gasteiger partial charge in [0.25, 0.3) is 0 Å². The first-order valence-corrected chi connectivity index (χ1v) is 8.27. The molecule has 0 aromatic rings. The van der Waals surface area contributed by atoms with Crippen molar-refractivity contribution in [1.82, 2.24) is 9.96 Å². The zero-order valence-electron chi connectivity index (χ0n) is 11.1. The van der Waals surface area contributed by atoms with Gasteiger partial charge in [-0.3, -0.25) is 0 Å². The van der Waals surface area contributed by atoms with Crippen LogP contribution >= 0.6 is 0 Å². The van der Waals surface area contributed by atoms with Gasteiger partial charge in [0.2, 0.25) is 8.40 Å². The number of hydrogen-bond acceptors (Lipinski definition) is 2. The average Bonchev–Trinajstić information content (AvgIpc) is 2.27.